The van der Waals surface area contributed by atoms with Crippen molar-refractivity contribution in [2.45, 2.75) is 546 Å². The SMILES string of the molecule is C1C2CC1C2.C1CC2CC1C2.C1CC2CCCC2C2CC2C1.C1CC2CCCC3CCC(C1)C23.C1CCC2(CC1)CC2.C1CCC2(CC1)CCCC2.C1CCC2(CC1)CCCCC2.C1CCC2C(C1)CCC1C2CCC2C3CCCCC3CCC21.C1CCC2C(C1)CCC1C3CCCC3CCC21.C1CCC2C(C1)CCC1C3CCCCC3CCC21. The quantitative estimate of drug-likeness (QED) is 0.227. The highest BCUT2D eigenvalue weighted by molar-refractivity contribution is 5.06. The average molecular weight is 1640 g/mol. The van der Waals surface area contributed by atoms with E-state index < -0.39 is 0 Å². The summed E-state index contributed by atoms with van der Waals surface area (Å²) in [6, 6.07) is 0. The molecule has 26 unspecified atom stereocenters. The highest BCUT2D eigenvalue weighted by atomic mass is 14.6. The highest BCUT2D eigenvalue weighted by Crippen LogP contribution is 2.65. The zero-order valence-electron chi connectivity index (χ0n) is 80.1. The first-order chi connectivity index (χ1) is 59.3. The predicted octanol–water partition coefficient (Wildman–Crippen LogP) is 37.1. The lowest BCUT2D eigenvalue weighted by Gasteiger charge is -2.57. The molecule has 31 fully saturated rings. The molecule has 0 heteroatoms. The van der Waals surface area contributed by atoms with Crippen LogP contribution in [0.4, 0.5) is 0 Å². The largest absolute Gasteiger partial charge is 0.0533 e. The second-order valence-electron chi connectivity index (χ2n) is 53.2. The molecule has 0 amide bonds. The van der Waals surface area contributed by atoms with Gasteiger partial charge in [-0.25, -0.2) is 0 Å². The third-order valence-corrected chi connectivity index (χ3v) is 47.5. The first-order valence-corrected chi connectivity index (χ1v) is 59.3. The summed E-state index contributed by atoms with van der Waals surface area (Å²) < 4.78 is 0. The van der Waals surface area contributed by atoms with E-state index in [2.05, 4.69) is 0 Å². The summed E-state index contributed by atoms with van der Waals surface area (Å²) in [5, 5.41) is 0. The van der Waals surface area contributed by atoms with Gasteiger partial charge in [0.25, 0.3) is 0 Å². The summed E-state index contributed by atoms with van der Waals surface area (Å²) in [4.78, 5) is 0. The van der Waals surface area contributed by atoms with Gasteiger partial charge in [-0.15, -0.1) is 0 Å². The fourth-order valence-electron chi connectivity index (χ4n) is 40.8. The van der Waals surface area contributed by atoms with Gasteiger partial charge in [0.1, 0.15) is 0 Å². The highest BCUT2D eigenvalue weighted by Gasteiger charge is 2.55. The summed E-state index contributed by atoms with van der Waals surface area (Å²) in [6.45, 7) is 0. The molecule has 26 atom stereocenters. The molecule has 0 aromatic rings. The smallest absolute Gasteiger partial charge is 0.0297 e. The Kier molecular flexibility index (Phi) is 30.7. The molecule has 0 N–H and O–H groups in total. The lowest BCUT2D eigenvalue weighted by atomic mass is 9.48. The number of fused-ring (bicyclic) bond motifs is 21. The summed E-state index contributed by atoms with van der Waals surface area (Å²) in [6.07, 6.45) is 134. The number of hydrogen-bond donors (Lipinski definition) is 0. The molecule has 31 aliphatic rings. The third-order valence-electron chi connectivity index (χ3n) is 47.5. The van der Waals surface area contributed by atoms with Gasteiger partial charge in [0.15, 0.2) is 0 Å². The molecule has 0 heterocycles. The van der Waals surface area contributed by atoms with Gasteiger partial charge in [-0.3, -0.25) is 0 Å². The first-order valence-electron chi connectivity index (χ1n) is 59.3. The Hall–Kier alpha value is 0. The Morgan fingerprint density at radius 1 is 0.100 bits per heavy atom. The van der Waals surface area contributed by atoms with Gasteiger partial charge in [0.05, 0.1) is 0 Å². The summed E-state index contributed by atoms with van der Waals surface area (Å²) in [5.74, 6) is 37.6. The van der Waals surface area contributed by atoms with E-state index in [-0.39, 0.29) is 0 Å². The van der Waals surface area contributed by atoms with E-state index in [1.165, 1.54) is 232 Å². The van der Waals surface area contributed by atoms with Crippen LogP contribution >= 0.6 is 0 Å². The molecule has 0 saturated heterocycles. The van der Waals surface area contributed by atoms with Gasteiger partial charge < -0.3 is 0 Å². The lowest BCUT2D eigenvalue weighted by Crippen LogP contribution is -2.49. The molecule has 0 aliphatic heterocycles. The zero-order chi connectivity index (χ0) is 80.1. The minimum absolute atomic E-state index is 0.858. The van der Waals surface area contributed by atoms with E-state index in [9.17, 15) is 0 Å². The van der Waals surface area contributed by atoms with Crippen molar-refractivity contribution in [3.8, 4) is 0 Å². The molecule has 3 spiro atoms. The predicted molar refractivity (Wildman–Crippen MR) is 511 cm³/mol. The maximum absolute atomic E-state index is 1.64. The van der Waals surface area contributed by atoms with Crippen LogP contribution in [0.1, 0.15) is 546 Å². The molecule has 31 saturated carbocycles. The molecule has 682 valence electrons. The van der Waals surface area contributed by atoms with Crippen molar-refractivity contribution < 1.29 is 0 Å². The van der Waals surface area contributed by atoms with Crippen molar-refractivity contribution in [3.05, 3.63) is 0 Å². The Bertz CT molecular complexity index is 2850. The normalized spacial score (nSPS) is 48.2. The van der Waals surface area contributed by atoms with Crippen molar-refractivity contribution in [1.82, 2.24) is 0 Å². The molecular weight excluding hydrogens is 1440 g/mol. The van der Waals surface area contributed by atoms with E-state index in [0.717, 1.165) is 63.6 Å². The monoisotopic (exact) mass is 1640 g/mol. The lowest BCUT2D eigenvalue weighted by molar-refractivity contribution is -0.0786. The second kappa shape index (κ2) is 41.8. The maximum atomic E-state index is 1.64. The van der Waals surface area contributed by atoms with Crippen LogP contribution in [0.5, 0.6) is 0 Å². The van der Waals surface area contributed by atoms with Crippen molar-refractivity contribution in [1.29, 1.82) is 0 Å². The molecule has 120 heavy (non-hydrogen) atoms. The molecule has 0 nitrogen and oxygen atoms in total. The van der Waals surface area contributed by atoms with Crippen LogP contribution in [0.15, 0.2) is 0 Å². The van der Waals surface area contributed by atoms with Crippen LogP contribution in [-0.2, 0) is 0 Å². The summed E-state index contributed by atoms with van der Waals surface area (Å²) in [7, 11) is 0. The number of rotatable bonds is 0. The molecule has 0 radical (unpaired) electrons. The van der Waals surface area contributed by atoms with E-state index in [4.69, 9.17) is 0 Å². The summed E-state index contributed by atoms with van der Waals surface area (Å²) in [5.41, 5.74) is 2.66. The van der Waals surface area contributed by atoms with Gasteiger partial charge in [-0.2, -0.15) is 0 Å². The zero-order valence-corrected chi connectivity index (χ0v) is 80.1. The Balaban J connectivity index is 0.0000000873. The van der Waals surface area contributed by atoms with Crippen LogP contribution in [0.2, 0.25) is 0 Å². The van der Waals surface area contributed by atoms with Gasteiger partial charge in [-0.05, 0) is 469 Å². The molecule has 31 aliphatic carbocycles. The Morgan fingerprint density at radius 2 is 0.283 bits per heavy atom. The van der Waals surface area contributed by atoms with Gasteiger partial charge in [-0.1, -0.05) is 283 Å². The fraction of sp³-hybridized carbons (Fsp3) is 1.00. The standard InChI is InChI=1S/C22H36.C18H30.C17H28.C12H20.C11H18.C11H20.C10H18.C8H14.C6H10.C5H8/c1-3-7-17-15(5-1)9-11-21-19(17)13-14-20-18-8-4-2-6-16(18)10-12-22(20)21;1-3-7-15-13(5-1)9-11-18-16-8-4-2-6-14(16)10-12-17(15)18;1-2-6-14-12(4-1)8-10-17-15-7-3-5-13(15)9-11-16(14)17;1-3-9-4-2-6-11-8-7-10(5-1)12(9)11;1-3-8-4-2-6-10(8)11-7-9(11)5-1;1-3-7-11(8-4-1)9-5-2-6-10-11;1-2-6-10(7-3-1)8-4-5-9-10;1-2-4-8(5-3-1)6-7-8;1-2-6-3-5(1)4-6;1-4-2-5(1)3-4/h15-22H,1-14H2;13-18H,1-12H2;12-17H,1-11H2;9-12H,1-8H2;8-11H,1-7H2;1-10H2;1-9H2;1-7H2;5-6H,1-4H2;4-5H,1-3H2. The van der Waals surface area contributed by atoms with Crippen molar-refractivity contribution >= 4 is 0 Å². The van der Waals surface area contributed by atoms with Crippen LogP contribution in [0.25, 0.3) is 0 Å². The minimum atomic E-state index is 0.858. The van der Waals surface area contributed by atoms with Gasteiger partial charge in [0, 0.05) is 0 Å². The maximum Gasteiger partial charge on any atom is -0.0297 e. The molecule has 4 bridgehead atoms. The third kappa shape index (κ3) is 20.9. The second-order valence-corrected chi connectivity index (χ2v) is 53.2. The molecule has 31 rings (SSSR count). The van der Waals surface area contributed by atoms with E-state index in [0.29, 0.717) is 0 Å². The molecule has 0 aromatic carbocycles. The van der Waals surface area contributed by atoms with E-state index >= 15 is 0 Å². The Labute approximate surface area is 746 Å². The van der Waals surface area contributed by atoms with Crippen LogP contribution in [0.3, 0.4) is 0 Å². The molecular formula is C120H202. The average Bonchev–Trinajstić information content (AvgIpc) is 1.18. The first kappa shape index (κ1) is 88.0. The fourth-order valence-corrected chi connectivity index (χ4v) is 40.8. The molecule has 0 aromatic heterocycles. The van der Waals surface area contributed by atoms with Crippen molar-refractivity contribution in [3.63, 3.8) is 0 Å². The van der Waals surface area contributed by atoms with E-state index in [1.54, 1.807) is 456 Å². The van der Waals surface area contributed by atoms with E-state index in [1.807, 2.05) is 0 Å². The van der Waals surface area contributed by atoms with Crippen molar-refractivity contribution in [2.24, 2.45) is 206 Å². The van der Waals surface area contributed by atoms with Crippen LogP contribution in [-0.4, -0.2) is 0 Å². The minimum Gasteiger partial charge on any atom is -0.0533 e. The van der Waals surface area contributed by atoms with Crippen LogP contribution in [0, 0.1) is 206 Å². The van der Waals surface area contributed by atoms with Gasteiger partial charge >= 0.3 is 0 Å². The van der Waals surface area contributed by atoms with Gasteiger partial charge in [0.2, 0.25) is 0 Å². The topological polar surface area (TPSA) is 0 Å². The van der Waals surface area contributed by atoms with Crippen molar-refractivity contribution in [2.75, 3.05) is 0 Å². The van der Waals surface area contributed by atoms with Crippen LogP contribution < -0.4 is 0 Å². The summed E-state index contributed by atoms with van der Waals surface area (Å²) >= 11 is 0. The number of hydrogen-bond acceptors (Lipinski definition) is 0. The Morgan fingerprint density at radius 3 is 0.558 bits per heavy atom.